The number of guanidine groups is 1. The van der Waals surface area contributed by atoms with Crippen LogP contribution < -0.4 is 15.4 Å². The van der Waals surface area contributed by atoms with Crippen LogP contribution in [0.2, 0.25) is 0 Å². The Bertz CT molecular complexity index is 795. The number of nitrogens with zero attached hydrogens (tertiary/aromatic N) is 4. The van der Waals surface area contributed by atoms with Crippen molar-refractivity contribution in [3.8, 4) is 5.75 Å². The van der Waals surface area contributed by atoms with Gasteiger partial charge < -0.3 is 19.9 Å². The van der Waals surface area contributed by atoms with E-state index in [-0.39, 0.29) is 35.9 Å². The minimum Gasteiger partial charge on any atom is -0.489 e. The molecule has 1 aliphatic rings. The Labute approximate surface area is 194 Å². The fourth-order valence-electron chi connectivity index (χ4n) is 3.43. The largest absolute Gasteiger partial charge is 0.489 e. The van der Waals surface area contributed by atoms with E-state index in [0.717, 1.165) is 50.0 Å². The van der Waals surface area contributed by atoms with Gasteiger partial charge >= 0.3 is 0 Å². The second kappa shape index (κ2) is 12.7. The smallest absolute Gasteiger partial charge is 0.191 e. The van der Waals surface area contributed by atoms with Crippen molar-refractivity contribution in [1.82, 2.24) is 25.4 Å². The number of fused-ring (bicyclic) bond motifs is 1. The summed E-state index contributed by atoms with van der Waals surface area (Å²) in [6, 6.07) is 6.04. The highest BCUT2D eigenvalue weighted by Gasteiger charge is 2.14. The highest BCUT2D eigenvalue weighted by atomic mass is 127. The summed E-state index contributed by atoms with van der Waals surface area (Å²) in [7, 11) is 1.75. The molecule has 0 amide bonds. The van der Waals surface area contributed by atoms with E-state index in [1.165, 1.54) is 31.4 Å². The molecular formula is C21H32FIN6O. The molecule has 30 heavy (non-hydrogen) atoms. The zero-order valence-electron chi connectivity index (χ0n) is 17.7. The topological polar surface area (TPSA) is 76.4 Å². The van der Waals surface area contributed by atoms with Gasteiger partial charge in [0, 0.05) is 33.0 Å². The summed E-state index contributed by atoms with van der Waals surface area (Å²) in [6.45, 7) is 4.39. The molecule has 2 heterocycles. The van der Waals surface area contributed by atoms with Gasteiger partial charge in [0.25, 0.3) is 0 Å². The molecule has 1 atom stereocenters. The first-order valence-electron chi connectivity index (χ1n) is 10.4. The number of benzene rings is 1. The van der Waals surface area contributed by atoms with Crippen molar-refractivity contribution in [3.63, 3.8) is 0 Å². The van der Waals surface area contributed by atoms with E-state index in [1.807, 2.05) is 6.92 Å². The van der Waals surface area contributed by atoms with Crippen molar-refractivity contribution in [1.29, 1.82) is 0 Å². The van der Waals surface area contributed by atoms with Gasteiger partial charge in [0.2, 0.25) is 0 Å². The number of aliphatic imine (C=N–C) groups is 1. The molecule has 0 radical (unpaired) electrons. The Hall–Kier alpha value is -1.91. The SMILES string of the molecule is CN=C(NCCCc1nnc2n1CCCCC2)NCC(C)Oc1ccc(F)cc1.I. The van der Waals surface area contributed by atoms with Gasteiger partial charge in [0.15, 0.2) is 5.96 Å². The van der Waals surface area contributed by atoms with Gasteiger partial charge in [-0.1, -0.05) is 6.42 Å². The van der Waals surface area contributed by atoms with Crippen LogP contribution in [-0.2, 0) is 19.4 Å². The van der Waals surface area contributed by atoms with Gasteiger partial charge in [0.05, 0.1) is 6.54 Å². The van der Waals surface area contributed by atoms with Crippen LogP contribution in [0.4, 0.5) is 4.39 Å². The molecule has 2 N–H and O–H groups in total. The van der Waals surface area contributed by atoms with Crippen LogP contribution >= 0.6 is 24.0 Å². The van der Waals surface area contributed by atoms with Crippen molar-refractivity contribution in [2.75, 3.05) is 20.1 Å². The molecule has 0 aliphatic carbocycles. The number of ether oxygens (including phenoxy) is 1. The van der Waals surface area contributed by atoms with Gasteiger partial charge in [-0.25, -0.2) is 4.39 Å². The van der Waals surface area contributed by atoms with Crippen molar-refractivity contribution < 1.29 is 9.13 Å². The third-order valence-corrected chi connectivity index (χ3v) is 4.99. The summed E-state index contributed by atoms with van der Waals surface area (Å²) in [6.07, 6.45) is 6.53. The van der Waals surface area contributed by atoms with Crippen LogP contribution in [0.5, 0.6) is 5.75 Å². The van der Waals surface area contributed by atoms with Crippen molar-refractivity contribution >= 4 is 29.9 Å². The predicted molar refractivity (Wildman–Crippen MR) is 127 cm³/mol. The second-order valence-corrected chi connectivity index (χ2v) is 7.36. The zero-order chi connectivity index (χ0) is 20.5. The van der Waals surface area contributed by atoms with E-state index >= 15 is 0 Å². The van der Waals surface area contributed by atoms with Crippen molar-refractivity contribution in [2.24, 2.45) is 4.99 Å². The van der Waals surface area contributed by atoms with E-state index in [9.17, 15) is 4.39 Å². The average molecular weight is 530 g/mol. The number of nitrogens with one attached hydrogen (secondary N) is 2. The van der Waals surface area contributed by atoms with Gasteiger partial charge in [-0.3, -0.25) is 4.99 Å². The van der Waals surface area contributed by atoms with Crippen LogP contribution in [0, 0.1) is 5.82 Å². The summed E-state index contributed by atoms with van der Waals surface area (Å²) < 4.78 is 21.0. The van der Waals surface area contributed by atoms with E-state index in [4.69, 9.17) is 4.74 Å². The molecule has 1 aliphatic heterocycles. The maximum atomic E-state index is 13.0. The summed E-state index contributed by atoms with van der Waals surface area (Å²) in [4.78, 5) is 4.25. The highest BCUT2D eigenvalue weighted by molar-refractivity contribution is 14.0. The number of aryl methyl sites for hydroxylation is 2. The molecule has 1 unspecified atom stereocenters. The molecule has 7 nitrogen and oxygen atoms in total. The lowest BCUT2D eigenvalue weighted by Gasteiger charge is -2.17. The van der Waals surface area contributed by atoms with Crippen LogP contribution in [0.15, 0.2) is 29.3 Å². The fourth-order valence-corrected chi connectivity index (χ4v) is 3.43. The second-order valence-electron chi connectivity index (χ2n) is 7.36. The summed E-state index contributed by atoms with van der Waals surface area (Å²) >= 11 is 0. The lowest BCUT2D eigenvalue weighted by Crippen LogP contribution is -2.42. The normalized spacial score (nSPS) is 14.8. The first-order valence-corrected chi connectivity index (χ1v) is 10.4. The van der Waals surface area contributed by atoms with E-state index in [2.05, 4.69) is 30.4 Å². The molecular weight excluding hydrogens is 498 g/mol. The highest BCUT2D eigenvalue weighted by Crippen LogP contribution is 2.15. The zero-order valence-corrected chi connectivity index (χ0v) is 20.1. The number of hydrogen-bond donors (Lipinski definition) is 2. The molecule has 1 aromatic carbocycles. The molecule has 2 aromatic rings. The molecule has 3 rings (SSSR count). The molecule has 0 spiro atoms. The lowest BCUT2D eigenvalue weighted by molar-refractivity contribution is 0.223. The summed E-state index contributed by atoms with van der Waals surface area (Å²) in [5.74, 6) is 3.34. The van der Waals surface area contributed by atoms with Gasteiger partial charge in [-0.15, -0.1) is 34.2 Å². The minimum atomic E-state index is -0.269. The summed E-state index contributed by atoms with van der Waals surface area (Å²) in [5.41, 5.74) is 0. The summed E-state index contributed by atoms with van der Waals surface area (Å²) in [5, 5.41) is 15.3. The molecule has 0 saturated heterocycles. The number of hydrogen-bond acceptors (Lipinski definition) is 4. The number of halogens is 2. The standard InChI is InChI=1S/C21H31FN6O.HI/c1-16(29-18-11-9-17(22)10-12-18)15-25-21(23-2)24-13-6-8-20-27-26-19-7-4-3-5-14-28(19)20;/h9-12,16H,3-8,13-15H2,1-2H3,(H2,23,24,25);1H. The van der Waals surface area contributed by atoms with Gasteiger partial charge in [-0.05, 0) is 50.5 Å². The Morgan fingerprint density at radius 3 is 2.77 bits per heavy atom. The molecule has 166 valence electrons. The van der Waals surface area contributed by atoms with Crippen molar-refractivity contribution in [3.05, 3.63) is 41.7 Å². The minimum absolute atomic E-state index is 0. The Morgan fingerprint density at radius 2 is 2.00 bits per heavy atom. The first kappa shape index (κ1) is 24.4. The fraction of sp³-hybridized carbons (Fsp3) is 0.571. The van der Waals surface area contributed by atoms with Crippen molar-refractivity contribution in [2.45, 2.75) is 58.1 Å². The van der Waals surface area contributed by atoms with Crippen LogP contribution in [0.3, 0.4) is 0 Å². The number of rotatable bonds is 8. The van der Waals surface area contributed by atoms with E-state index in [0.29, 0.717) is 12.3 Å². The third kappa shape index (κ3) is 7.41. The molecule has 0 fully saturated rings. The maximum Gasteiger partial charge on any atom is 0.191 e. The average Bonchev–Trinajstić information content (AvgIpc) is 2.95. The van der Waals surface area contributed by atoms with E-state index in [1.54, 1.807) is 19.2 Å². The van der Waals surface area contributed by atoms with Crippen LogP contribution in [-0.4, -0.2) is 47.0 Å². The molecule has 0 saturated carbocycles. The Kier molecular flexibility index (Phi) is 10.3. The van der Waals surface area contributed by atoms with Gasteiger partial charge in [0.1, 0.15) is 29.3 Å². The monoisotopic (exact) mass is 530 g/mol. The van der Waals surface area contributed by atoms with Crippen LogP contribution in [0.1, 0.15) is 44.3 Å². The third-order valence-electron chi connectivity index (χ3n) is 4.99. The Morgan fingerprint density at radius 1 is 1.20 bits per heavy atom. The maximum absolute atomic E-state index is 13.0. The Balaban J connectivity index is 0.00000320. The molecule has 9 heteroatoms. The van der Waals surface area contributed by atoms with Crippen LogP contribution in [0.25, 0.3) is 0 Å². The first-order chi connectivity index (χ1) is 14.2. The lowest BCUT2D eigenvalue weighted by atomic mass is 10.2. The predicted octanol–water partition coefficient (Wildman–Crippen LogP) is 3.33. The quantitative estimate of drug-likeness (QED) is 0.237. The molecule has 0 bridgehead atoms. The van der Waals surface area contributed by atoms with E-state index < -0.39 is 0 Å². The van der Waals surface area contributed by atoms with Gasteiger partial charge in [-0.2, -0.15) is 0 Å². The number of aromatic nitrogens is 3. The molecule has 1 aromatic heterocycles.